The number of hydrogen-bond acceptors (Lipinski definition) is 7. The molecule has 0 fully saturated rings. The Bertz CT molecular complexity index is 967. The lowest BCUT2D eigenvalue weighted by Crippen LogP contribution is -2.34. The van der Waals surface area contributed by atoms with Crippen LogP contribution >= 0.6 is 11.3 Å². The molecular formula is C19H17N3O5S. The van der Waals surface area contributed by atoms with Crippen molar-refractivity contribution in [1.82, 2.24) is 15.1 Å². The molecule has 0 atom stereocenters. The Labute approximate surface area is 164 Å². The maximum Gasteiger partial charge on any atom is 0.413 e. The number of aromatic nitrogens is 2. The number of carbonyl (C=O) groups is 3. The molecule has 28 heavy (non-hydrogen) atoms. The Kier molecular flexibility index (Phi) is 6.18. The fraction of sp³-hybridized carbons (Fsp3) is 0.158. The van der Waals surface area contributed by atoms with Gasteiger partial charge in [0.15, 0.2) is 6.61 Å². The third kappa shape index (κ3) is 4.63. The maximum atomic E-state index is 12.6. The minimum Gasteiger partial charge on any atom is -0.452 e. The Morgan fingerprint density at radius 1 is 1.11 bits per heavy atom. The topological polar surface area (TPSA) is 99.5 Å². The zero-order valence-electron chi connectivity index (χ0n) is 15.0. The first-order chi connectivity index (χ1) is 13.6. The van der Waals surface area contributed by atoms with Crippen LogP contribution < -0.4 is 5.32 Å². The Hall–Kier alpha value is -3.46. The van der Waals surface area contributed by atoms with E-state index in [0.29, 0.717) is 5.69 Å². The van der Waals surface area contributed by atoms with Crippen LogP contribution in [0.3, 0.4) is 0 Å². The van der Waals surface area contributed by atoms with Gasteiger partial charge in [-0.05, 0) is 30.5 Å². The van der Waals surface area contributed by atoms with Crippen LogP contribution in [0.25, 0.3) is 16.3 Å². The van der Waals surface area contributed by atoms with Crippen molar-refractivity contribution in [3.63, 3.8) is 0 Å². The average Bonchev–Trinajstić information content (AvgIpc) is 3.36. The van der Waals surface area contributed by atoms with Crippen molar-refractivity contribution in [1.29, 1.82) is 0 Å². The van der Waals surface area contributed by atoms with Crippen molar-refractivity contribution >= 4 is 29.3 Å². The number of nitrogens with zero attached hydrogens (tertiary/aromatic N) is 2. The number of esters is 1. The minimum absolute atomic E-state index is 0.127. The fourth-order valence-electron chi connectivity index (χ4n) is 2.36. The summed E-state index contributed by atoms with van der Waals surface area (Å²) < 4.78 is 11.2. The number of thiophene rings is 1. The summed E-state index contributed by atoms with van der Waals surface area (Å²) in [6.07, 6.45) is 0.662. The van der Waals surface area contributed by atoms with Crippen LogP contribution in [-0.4, -0.2) is 41.0 Å². The lowest BCUT2D eigenvalue weighted by Gasteiger charge is -2.05. The SMILES string of the molecule is CCOC(=O)NC(=O)COC(=O)c1cn(-c2ccccc2)nc1-c1cccs1. The molecule has 9 heteroatoms. The fourth-order valence-corrected chi connectivity index (χ4v) is 3.08. The third-order valence-corrected chi connectivity index (χ3v) is 4.44. The van der Waals surface area contributed by atoms with E-state index in [9.17, 15) is 14.4 Å². The molecule has 0 aliphatic rings. The summed E-state index contributed by atoms with van der Waals surface area (Å²) in [4.78, 5) is 36.3. The van der Waals surface area contributed by atoms with Gasteiger partial charge in [0.1, 0.15) is 11.3 Å². The Balaban J connectivity index is 1.78. The first-order valence-corrected chi connectivity index (χ1v) is 9.29. The maximum absolute atomic E-state index is 12.6. The van der Waals surface area contributed by atoms with Crippen LogP contribution in [0.5, 0.6) is 0 Å². The number of alkyl carbamates (subject to hydrolysis) is 1. The molecule has 3 aromatic rings. The van der Waals surface area contributed by atoms with Crippen LogP contribution in [0.15, 0.2) is 54.0 Å². The standard InChI is InChI=1S/C19H17N3O5S/c1-2-26-19(25)20-16(23)12-27-18(24)14-11-22(13-7-4-3-5-8-13)21-17(14)15-9-6-10-28-15/h3-11H,2,12H2,1H3,(H,20,23,25). The van der Waals surface area contributed by atoms with E-state index in [-0.39, 0.29) is 12.2 Å². The molecule has 0 aliphatic heterocycles. The summed E-state index contributed by atoms with van der Waals surface area (Å²) in [5, 5.41) is 8.33. The predicted octanol–water partition coefficient (Wildman–Crippen LogP) is 3.03. The lowest BCUT2D eigenvalue weighted by molar-refractivity contribution is -0.123. The average molecular weight is 399 g/mol. The summed E-state index contributed by atoms with van der Waals surface area (Å²) in [5.74, 6) is -1.50. The molecule has 0 saturated carbocycles. The van der Waals surface area contributed by atoms with Gasteiger partial charge in [-0.2, -0.15) is 5.10 Å². The van der Waals surface area contributed by atoms with Crippen molar-refractivity contribution < 1.29 is 23.9 Å². The Morgan fingerprint density at radius 2 is 1.89 bits per heavy atom. The smallest absolute Gasteiger partial charge is 0.413 e. The molecule has 3 rings (SSSR count). The van der Waals surface area contributed by atoms with Crippen molar-refractivity contribution in [2.24, 2.45) is 0 Å². The van der Waals surface area contributed by atoms with Crippen LogP contribution in [0.1, 0.15) is 17.3 Å². The van der Waals surface area contributed by atoms with Gasteiger partial charge in [-0.25, -0.2) is 14.3 Å². The summed E-state index contributed by atoms with van der Waals surface area (Å²) >= 11 is 1.43. The summed E-state index contributed by atoms with van der Waals surface area (Å²) in [6, 6.07) is 13.0. The number of rotatable bonds is 6. The number of para-hydroxylation sites is 1. The number of hydrogen-bond donors (Lipinski definition) is 1. The number of imide groups is 1. The molecule has 0 aliphatic carbocycles. The largest absolute Gasteiger partial charge is 0.452 e. The highest BCUT2D eigenvalue weighted by Gasteiger charge is 2.22. The van der Waals surface area contributed by atoms with Gasteiger partial charge in [0.05, 0.1) is 17.2 Å². The van der Waals surface area contributed by atoms with Crippen molar-refractivity contribution in [3.05, 3.63) is 59.6 Å². The molecule has 0 radical (unpaired) electrons. The van der Waals surface area contributed by atoms with Crippen LogP contribution in [0, 0.1) is 0 Å². The molecule has 1 aromatic carbocycles. The second-order valence-corrected chi connectivity index (χ2v) is 6.44. The minimum atomic E-state index is -0.889. The quantitative estimate of drug-likeness (QED) is 0.640. The summed E-state index contributed by atoms with van der Waals surface area (Å²) in [7, 11) is 0. The summed E-state index contributed by atoms with van der Waals surface area (Å²) in [5.41, 5.74) is 1.45. The zero-order chi connectivity index (χ0) is 19.9. The molecule has 1 N–H and O–H groups in total. The van der Waals surface area contributed by atoms with E-state index >= 15 is 0 Å². The van der Waals surface area contributed by atoms with Crippen molar-refractivity contribution in [3.8, 4) is 16.3 Å². The number of ether oxygens (including phenoxy) is 2. The van der Waals surface area contributed by atoms with Crippen molar-refractivity contribution in [2.45, 2.75) is 6.92 Å². The monoisotopic (exact) mass is 399 g/mol. The zero-order valence-corrected chi connectivity index (χ0v) is 15.8. The molecule has 144 valence electrons. The molecule has 0 saturated heterocycles. The van der Waals surface area contributed by atoms with Gasteiger partial charge in [-0.1, -0.05) is 24.3 Å². The van der Waals surface area contributed by atoms with Gasteiger partial charge in [0, 0.05) is 6.20 Å². The van der Waals surface area contributed by atoms with Gasteiger partial charge in [0.25, 0.3) is 5.91 Å². The van der Waals surface area contributed by atoms with Gasteiger partial charge in [-0.15, -0.1) is 11.3 Å². The summed E-state index contributed by atoms with van der Waals surface area (Å²) in [6.45, 7) is 1.13. The molecule has 8 nitrogen and oxygen atoms in total. The number of carbonyl (C=O) groups excluding carboxylic acids is 3. The number of nitrogens with one attached hydrogen (secondary N) is 1. The highest BCUT2D eigenvalue weighted by atomic mass is 32.1. The lowest BCUT2D eigenvalue weighted by atomic mass is 10.2. The van der Waals surface area contributed by atoms with Gasteiger partial charge >= 0.3 is 12.1 Å². The van der Waals surface area contributed by atoms with E-state index in [0.717, 1.165) is 10.6 Å². The second-order valence-electron chi connectivity index (χ2n) is 5.49. The molecule has 0 bridgehead atoms. The van der Waals surface area contributed by atoms with Crippen LogP contribution in [-0.2, 0) is 14.3 Å². The first kappa shape index (κ1) is 19.3. The molecule has 0 unspecified atom stereocenters. The molecule has 2 heterocycles. The van der Waals surface area contributed by atoms with E-state index in [1.165, 1.54) is 11.3 Å². The molecule has 0 spiro atoms. The van der Waals surface area contributed by atoms with E-state index in [2.05, 4.69) is 9.84 Å². The molecule has 2 amide bonds. The molecule has 2 aromatic heterocycles. The van der Waals surface area contributed by atoms with Gasteiger partial charge in [-0.3, -0.25) is 10.1 Å². The highest BCUT2D eigenvalue weighted by Crippen LogP contribution is 2.28. The molecular weight excluding hydrogens is 382 g/mol. The van der Waals surface area contributed by atoms with Gasteiger partial charge < -0.3 is 9.47 Å². The van der Waals surface area contributed by atoms with Crippen molar-refractivity contribution in [2.75, 3.05) is 13.2 Å². The highest BCUT2D eigenvalue weighted by molar-refractivity contribution is 7.13. The van der Waals surface area contributed by atoms with Crippen LogP contribution in [0.2, 0.25) is 0 Å². The predicted molar refractivity (Wildman–Crippen MR) is 102 cm³/mol. The normalized spacial score (nSPS) is 10.3. The third-order valence-electron chi connectivity index (χ3n) is 3.56. The van der Waals surface area contributed by atoms with E-state index in [1.54, 1.807) is 17.8 Å². The number of benzene rings is 1. The van der Waals surface area contributed by atoms with Crippen LogP contribution in [0.4, 0.5) is 4.79 Å². The first-order valence-electron chi connectivity index (χ1n) is 8.41. The Morgan fingerprint density at radius 3 is 2.57 bits per heavy atom. The van der Waals surface area contributed by atoms with Gasteiger partial charge in [0.2, 0.25) is 0 Å². The van der Waals surface area contributed by atoms with E-state index in [1.807, 2.05) is 53.2 Å². The van der Waals surface area contributed by atoms with E-state index in [4.69, 9.17) is 4.74 Å². The second kappa shape index (κ2) is 8.96. The number of amides is 2. The van der Waals surface area contributed by atoms with E-state index < -0.39 is 24.6 Å².